The van der Waals surface area contributed by atoms with Gasteiger partial charge in [0.2, 0.25) is 0 Å². The van der Waals surface area contributed by atoms with Gasteiger partial charge in [0.05, 0.1) is 5.92 Å². The van der Waals surface area contributed by atoms with Crippen LogP contribution in [0.5, 0.6) is 0 Å². The first kappa shape index (κ1) is 14.9. The maximum atomic E-state index is 12.9. The molecule has 0 bridgehead atoms. The van der Waals surface area contributed by atoms with Crippen LogP contribution >= 0.6 is 0 Å². The van der Waals surface area contributed by atoms with Gasteiger partial charge < -0.3 is 5.32 Å². The van der Waals surface area contributed by atoms with E-state index in [0.717, 1.165) is 17.7 Å². The highest BCUT2D eigenvalue weighted by Crippen LogP contribution is 2.38. The molecule has 1 heterocycles. The van der Waals surface area contributed by atoms with Gasteiger partial charge in [-0.2, -0.15) is 18.3 Å². The van der Waals surface area contributed by atoms with Crippen molar-refractivity contribution >= 4 is 5.69 Å². The summed E-state index contributed by atoms with van der Waals surface area (Å²) in [6.45, 7) is 0. The number of anilines is 1. The molecule has 4 nitrogen and oxygen atoms in total. The normalized spacial score (nSPS) is 22.5. The highest BCUT2D eigenvalue weighted by Gasteiger charge is 2.42. The number of nitrogens with zero attached hydrogens (tertiary/aromatic N) is 2. The average Bonchev–Trinajstić information content (AvgIpc) is 3.01. The second-order valence-corrected chi connectivity index (χ2v) is 5.66. The molecule has 0 amide bonds. The van der Waals surface area contributed by atoms with E-state index in [1.165, 1.54) is 6.33 Å². The van der Waals surface area contributed by atoms with Crippen molar-refractivity contribution in [1.29, 1.82) is 0 Å². The summed E-state index contributed by atoms with van der Waals surface area (Å²) in [5, 5.41) is 9.80. The van der Waals surface area contributed by atoms with Gasteiger partial charge in [-0.15, -0.1) is 0 Å². The van der Waals surface area contributed by atoms with Crippen LogP contribution in [0, 0.1) is 5.92 Å². The number of rotatable bonds is 3. The number of benzene rings is 1. The lowest BCUT2D eigenvalue weighted by atomic mass is 9.85. The number of aromatic amines is 1. The Morgan fingerprint density at radius 3 is 2.82 bits per heavy atom. The number of aromatic nitrogens is 3. The van der Waals surface area contributed by atoms with E-state index < -0.39 is 12.1 Å². The number of hydrogen-bond donors (Lipinski definition) is 2. The summed E-state index contributed by atoms with van der Waals surface area (Å²) < 4.78 is 38.6. The molecule has 1 aliphatic carbocycles. The van der Waals surface area contributed by atoms with E-state index in [0.29, 0.717) is 12.2 Å². The maximum Gasteiger partial charge on any atom is 0.391 e. The fraction of sp³-hybridized carbons (Fsp3) is 0.467. The van der Waals surface area contributed by atoms with Crippen LogP contribution in [0.25, 0.3) is 11.4 Å². The molecule has 0 radical (unpaired) electrons. The second-order valence-electron chi connectivity index (χ2n) is 5.66. The fourth-order valence-corrected chi connectivity index (χ4v) is 2.95. The number of hydrogen-bond acceptors (Lipinski definition) is 3. The lowest BCUT2D eigenvalue weighted by Crippen LogP contribution is -2.34. The van der Waals surface area contributed by atoms with Gasteiger partial charge in [0.25, 0.3) is 0 Å². The lowest BCUT2D eigenvalue weighted by molar-refractivity contribution is -0.182. The minimum Gasteiger partial charge on any atom is -0.382 e. The molecule has 3 rings (SSSR count). The largest absolute Gasteiger partial charge is 0.391 e. The number of alkyl halides is 3. The zero-order valence-corrected chi connectivity index (χ0v) is 11.9. The Balaban J connectivity index is 1.69. The van der Waals surface area contributed by atoms with Crippen LogP contribution in [-0.4, -0.2) is 27.4 Å². The number of halogens is 3. The predicted molar refractivity (Wildman–Crippen MR) is 77.2 cm³/mol. The van der Waals surface area contributed by atoms with Crippen molar-refractivity contribution in [2.75, 3.05) is 5.32 Å². The van der Waals surface area contributed by atoms with Crippen molar-refractivity contribution in [3.05, 3.63) is 30.6 Å². The van der Waals surface area contributed by atoms with E-state index in [2.05, 4.69) is 20.5 Å². The predicted octanol–water partition coefficient (Wildman–Crippen LogP) is 4.00. The van der Waals surface area contributed by atoms with Crippen LogP contribution in [0.2, 0.25) is 0 Å². The Labute approximate surface area is 126 Å². The van der Waals surface area contributed by atoms with Gasteiger partial charge in [-0.05, 0) is 31.4 Å². The SMILES string of the molecule is FC(F)(F)[C@H]1CCC[C@@H](Nc2cccc(-c3ncn[nH]3)c2)C1. The molecule has 7 heteroatoms. The smallest absolute Gasteiger partial charge is 0.382 e. The zero-order valence-electron chi connectivity index (χ0n) is 11.9. The summed E-state index contributed by atoms with van der Waals surface area (Å²) in [6, 6.07) is 7.31. The van der Waals surface area contributed by atoms with Crippen LogP contribution in [-0.2, 0) is 0 Å². The highest BCUT2D eigenvalue weighted by atomic mass is 19.4. The van der Waals surface area contributed by atoms with Crippen LogP contribution in [0.15, 0.2) is 30.6 Å². The summed E-state index contributed by atoms with van der Waals surface area (Å²) in [4.78, 5) is 4.08. The Kier molecular flexibility index (Phi) is 4.04. The topological polar surface area (TPSA) is 53.6 Å². The van der Waals surface area contributed by atoms with Gasteiger partial charge in [-0.1, -0.05) is 18.6 Å². The van der Waals surface area contributed by atoms with Crippen LogP contribution in [0.3, 0.4) is 0 Å². The van der Waals surface area contributed by atoms with Crippen LogP contribution < -0.4 is 5.32 Å². The maximum absolute atomic E-state index is 12.9. The summed E-state index contributed by atoms with van der Waals surface area (Å²) in [6.07, 6.45) is -0.939. The number of H-pyrrole nitrogens is 1. The fourth-order valence-electron chi connectivity index (χ4n) is 2.95. The van der Waals surface area contributed by atoms with E-state index in [-0.39, 0.29) is 18.9 Å². The van der Waals surface area contributed by atoms with E-state index >= 15 is 0 Å². The number of nitrogens with one attached hydrogen (secondary N) is 2. The van der Waals surface area contributed by atoms with E-state index in [9.17, 15) is 13.2 Å². The Morgan fingerprint density at radius 1 is 1.23 bits per heavy atom. The first-order valence-corrected chi connectivity index (χ1v) is 7.31. The van der Waals surface area contributed by atoms with Crippen molar-refractivity contribution < 1.29 is 13.2 Å². The first-order valence-electron chi connectivity index (χ1n) is 7.31. The quantitative estimate of drug-likeness (QED) is 0.901. The Bertz CT molecular complexity index is 610. The standard InChI is InChI=1S/C15H17F3N4/c16-15(17,18)11-4-2-6-13(8-11)21-12-5-1-3-10(7-12)14-19-9-20-22-14/h1,3,5,7,9,11,13,21H,2,4,6,8H2,(H,19,20,22)/t11-,13+/m0/s1. The molecule has 2 N–H and O–H groups in total. The molecule has 118 valence electrons. The van der Waals surface area contributed by atoms with Crippen LogP contribution in [0.4, 0.5) is 18.9 Å². The molecule has 0 saturated heterocycles. The van der Waals surface area contributed by atoms with Gasteiger partial charge in [-0.25, -0.2) is 4.98 Å². The molecular weight excluding hydrogens is 293 g/mol. The molecule has 1 aromatic heterocycles. The minimum atomic E-state index is -4.10. The van der Waals surface area contributed by atoms with Crippen molar-refractivity contribution in [1.82, 2.24) is 15.2 Å². The molecule has 2 atom stereocenters. The third-order valence-electron chi connectivity index (χ3n) is 4.06. The third kappa shape index (κ3) is 3.40. The molecule has 0 aliphatic heterocycles. The molecule has 0 unspecified atom stereocenters. The summed E-state index contributed by atoms with van der Waals surface area (Å²) >= 11 is 0. The molecule has 1 aliphatic rings. The van der Waals surface area contributed by atoms with Gasteiger partial charge >= 0.3 is 6.18 Å². The summed E-state index contributed by atoms with van der Waals surface area (Å²) in [5.41, 5.74) is 1.66. The average molecular weight is 310 g/mol. The molecule has 1 aromatic carbocycles. The summed E-state index contributed by atoms with van der Waals surface area (Å²) in [7, 11) is 0. The molecule has 1 saturated carbocycles. The molecular formula is C15H17F3N4. The van der Waals surface area contributed by atoms with Gasteiger partial charge in [0.15, 0.2) is 5.82 Å². The zero-order chi connectivity index (χ0) is 15.6. The second kappa shape index (κ2) is 5.98. The minimum absolute atomic E-state index is 0.135. The van der Waals surface area contributed by atoms with E-state index in [1.807, 2.05) is 24.3 Å². The van der Waals surface area contributed by atoms with Crippen LogP contribution in [0.1, 0.15) is 25.7 Å². The van der Waals surface area contributed by atoms with E-state index in [1.54, 1.807) is 0 Å². The molecule has 0 spiro atoms. The monoisotopic (exact) mass is 310 g/mol. The van der Waals surface area contributed by atoms with Gasteiger partial charge in [0.1, 0.15) is 6.33 Å². The van der Waals surface area contributed by atoms with Gasteiger partial charge in [-0.3, -0.25) is 5.10 Å². The highest BCUT2D eigenvalue weighted by molar-refractivity contribution is 5.62. The third-order valence-corrected chi connectivity index (χ3v) is 4.06. The van der Waals surface area contributed by atoms with Crippen molar-refractivity contribution in [3.63, 3.8) is 0 Å². The molecule has 22 heavy (non-hydrogen) atoms. The molecule has 1 fully saturated rings. The molecule has 2 aromatic rings. The summed E-state index contributed by atoms with van der Waals surface area (Å²) in [5.74, 6) is -0.559. The van der Waals surface area contributed by atoms with Crippen molar-refractivity contribution in [2.45, 2.75) is 37.9 Å². The lowest BCUT2D eigenvalue weighted by Gasteiger charge is -2.31. The first-order chi connectivity index (χ1) is 10.5. The Hall–Kier alpha value is -2.05. The van der Waals surface area contributed by atoms with Gasteiger partial charge in [0, 0.05) is 17.3 Å². The Morgan fingerprint density at radius 2 is 2.09 bits per heavy atom. The van der Waals surface area contributed by atoms with Crippen molar-refractivity contribution in [2.24, 2.45) is 5.92 Å². The van der Waals surface area contributed by atoms with E-state index in [4.69, 9.17) is 0 Å². The van der Waals surface area contributed by atoms with Crippen molar-refractivity contribution in [3.8, 4) is 11.4 Å².